The van der Waals surface area contributed by atoms with Gasteiger partial charge in [0.1, 0.15) is 11.5 Å². The van der Waals surface area contributed by atoms with E-state index in [1.165, 1.54) is 55.9 Å². The normalized spacial score (nSPS) is 16.7. The number of phenolic OH excluding ortho intramolecular Hbond substituents is 2. The van der Waals surface area contributed by atoms with E-state index in [-0.39, 0.29) is 80.4 Å². The molecule has 0 radical (unpaired) electrons. The Bertz CT molecular complexity index is 3310. The summed E-state index contributed by atoms with van der Waals surface area (Å²) in [6, 6.07) is 88.1. The number of hydrogen-bond donors (Lipinski definition) is 2. The maximum atomic E-state index is 10.8. The Labute approximate surface area is 491 Å². The third-order valence-electron chi connectivity index (χ3n) is 15.0. The Kier molecular flexibility index (Phi) is 17.6. The van der Waals surface area contributed by atoms with Gasteiger partial charge in [0.2, 0.25) is 0 Å². The molecular weight excluding hydrogens is 1140 g/mol. The van der Waals surface area contributed by atoms with Crippen molar-refractivity contribution >= 4 is 22.7 Å². The molecule has 2 saturated heterocycles. The molecule has 10 aromatic rings. The van der Waals surface area contributed by atoms with Crippen LogP contribution in [0.2, 0.25) is 0 Å². The third-order valence-corrected chi connectivity index (χ3v) is 15.0. The molecule has 0 spiro atoms. The topological polar surface area (TPSA) is 53.4 Å². The largest absolute Gasteiger partial charge is 1.00 e. The molecule has 6 nitrogen and oxygen atoms in total. The van der Waals surface area contributed by atoms with E-state index >= 15 is 0 Å². The van der Waals surface area contributed by atoms with Crippen molar-refractivity contribution in [1.29, 1.82) is 0 Å². The van der Waals surface area contributed by atoms with Gasteiger partial charge in [-0.15, -0.1) is 0 Å². The van der Waals surface area contributed by atoms with Gasteiger partial charge in [-0.3, -0.25) is 0 Å². The molecule has 2 N–H and O–H groups in total. The van der Waals surface area contributed by atoms with E-state index in [0.29, 0.717) is 0 Å². The number of nitrogens with zero attached hydrogens (tertiary/aromatic N) is 4. The van der Waals surface area contributed by atoms with E-state index < -0.39 is 0 Å². The second-order valence-corrected chi connectivity index (χ2v) is 19.8. The summed E-state index contributed by atoms with van der Waals surface area (Å²) in [5.74, 6) is 0.559. The van der Waals surface area contributed by atoms with Gasteiger partial charge < -0.3 is 29.8 Å². The van der Waals surface area contributed by atoms with Gasteiger partial charge >= 0.3 is 44.8 Å². The minimum Gasteiger partial charge on any atom is -0.507 e. The van der Waals surface area contributed by atoms with Gasteiger partial charge in [-0.2, -0.15) is 13.3 Å². The van der Waals surface area contributed by atoms with Crippen molar-refractivity contribution in [1.82, 2.24) is 0 Å². The molecule has 0 unspecified atom stereocenters. The van der Waals surface area contributed by atoms with Gasteiger partial charge in [-0.25, -0.2) is 0 Å². The molecule has 2 aliphatic rings. The first-order valence-corrected chi connectivity index (χ1v) is 26.2. The maximum absolute atomic E-state index is 10.8. The molecule has 0 bridgehead atoms. The molecule has 0 aliphatic carbocycles. The van der Waals surface area contributed by atoms with Gasteiger partial charge in [-0.1, -0.05) is 231 Å². The van der Waals surface area contributed by atoms with Crippen LogP contribution in [0, 0.1) is 41.0 Å². The predicted octanol–water partition coefficient (Wildman–Crippen LogP) is 17.2. The second-order valence-electron chi connectivity index (χ2n) is 19.8. The average molecular weight is 1210 g/mol. The molecule has 2 fully saturated rings. The van der Waals surface area contributed by atoms with Crippen molar-refractivity contribution in [2.24, 2.45) is 0 Å². The molecule has 2 aliphatic heterocycles. The van der Waals surface area contributed by atoms with Crippen LogP contribution in [-0.2, 0) is 44.8 Å². The van der Waals surface area contributed by atoms with Crippen LogP contribution in [0.5, 0.6) is 11.5 Å². The first-order chi connectivity index (χ1) is 37.3. The molecule has 0 saturated carbocycles. The van der Waals surface area contributed by atoms with Crippen LogP contribution < -0.4 is 19.6 Å². The summed E-state index contributed by atoms with van der Waals surface area (Å²) in [4.78, 5) is 9.67. The van der Waals surface area contributed by atoms with Crippen LogP contribution in [0.25, 0.3) is 22.3 Å². The van der Waals surface area contributed by atoms with E-state index in [1.54, 1.807) is 12.1 Å². The van der Waals surface area contributed by atoms with Gasteiger partial charge in [0.05, 0.1) is 24.2 Å². The van der Waals surface area contributed by atoms with Crippen molar-refractivity contribution < 1.29 is 55.0 Å². The fourth-order valence-corrected chi connectivity index (χ4v) is 11.6. The van der Waals surface area contributed by atoms with Crippen molar-refractivity contribution in [2.45, 2.75) is 51.9 Å². The molecule has 4 atom stereocenters. The number of phenols is 2. The van der Waals surface area contributed by atoms with Gasteiger partial charge in [0.25, 0.3) is 0 Å². The Balaban J connectivity index is 0.000000185. The molecule has 78 heavy (non-hydrogen) atoms. The number of benzene rings is 10. The summed E-state index contributed by atoms with van der Waals surface area (Å²) >= 11 is 0. The second kappa shape index (κ2) is 24.9. The van der Waals surface area contributed by atoms with E-state index in [4.69, 9.17) is 0 Å². The first-order valence-electron chi connectivity index (χ1n) is 26.2. The predicted molar refractivity (Wildman–Crippen MR) is 314 cm³/mol. The molecule has 0 amide bonds. The SMILES string of the molecule is Cc1cccc(C)c1N1[CH-]N(c2ccccc2-c2ccccc2O)[C@@H](c2ccccc2)[C@@H]1c1ccccc1.Cc1cccc(C)c1N1[CH-]N(c2ccccc2-c2ccccc2O)[C@@H](c2ccccc2)[C@@H]1c1ccccc1.[Ag+].[Ag+]. The molecule has 0 aromatic heterocycles. The number of hydrogen-bond acceptors (Lipinski definition) is 6. The molecule has 396 valence electrons. The summed E-state index contributed by atoms with van der Waals surface area (Å²) in [5.41, 5.74) is 18.1. The summed E-state index contributed by atoms with van der Waals surface area (Å²) in [5, 5.41) is 21.6. The molecule has 10 aromatic carbocycles. The van der Waals surface area contributed by atoms with Crippen molar-refractivity contribution in [2.75, 3.05) is 19.6 Å². The standard InChI is InChI=1S/2C35H31N2O.2Ag/c2*1-25-14-13-15-26(2)33(25)37-24-36(31-22-11-9-20-29(31)30-21-10-12-23-32(30)38)34(27-16-5-3-6-17-27)35(37)28-18-7-4-8-19-28;;/h2*3-24,34-35,38H,1-2H3;;/q2*-1;2*+1/t2*34-,35-;;/m00../s1. The van der Waals surface area contributed by atoms with Crippen LogP contribution in [0.4, 0.5) is 22.7 Å². The number of aryl methyl sites for hydroxylation is 4. The molecule has 8 heteroatoms. The monoisotopic (exact) mass is 1200 g/mol. The molecular formula is C70H62Ag2N4O2. The van der Waals surface area contributed by atoms with E-state index in [9.17, 15) is 10.2 Å². The van der Waals surface area contributed by atoms with Gasteiger partial charge in [0, 0.05) is 45.0 Å². The first kappa shape index (κ1) is 55.2. The van der Waals surface area contributed by atoms with Crippen molar-refractivity contribution in [3.63, 3.8) is 0 Å². The fourth-order valence-electron chi connectivity index (χ4n) is 11.6. The van der Waals surface area contributed by atoms with Crippen LogP contribution in [-0.4, -0.2) is 10.2 Å². The Morgan fingerprint density at radius 2 is 0.513 bits per heavy atom. The molecule has 2 heterocycles. The Hall–Kier alpha value is -7.52. The van der Waals surface area contributed by atoms with E-state index in [1.807, 2.05) is 48.5 Å². The average Bonchev–Trinajstić information content (AvgIpc) is 4.27. The smallest absolute Gasteiger partial charge is 0.507 e. The summed E-state index contributed by atoms with van der Waals surface area (Å²) in [7, 11) is 0. The van der Waals surface area contributed by atoms with Gasteiger partial charge in [-0.05, 0) is 96.5 Å². The van der Waals surface area contributed by atoms with Crippen LogP contribution >= 0.6 is 0 Å². The van der Waals surface area contributed by atoms with Crippen LogP contribution in [0.15, 0.2) is 255 Å². The van der Waals surface area contributed by atoms with Crippen molar-refractivity contribution in [3.8, 4) is 33.8 Å². The van der Waals surface area contributed by atoms with Gasteiger partial charge in [0.15, 0.2) is 0 Å². The number of aromatic hydroxyl groups is 2. The zero-order chi connectivity index (χ0) is 52.1. The minimum absolute atomic E-state index is 0. The maximum Gasteiger partial charge on any atom is 1.00 e. The number of rotatable bonds is 10. The zero-order valence-electron chi connectivity index (χ0n) is 44.0. The third kappa shape index (κ3) is 11.0. The fraction of sp³-hybridized carbons (Fsp3) is 0.114. The van der Waals surface area contributed by atoms with E-state index in [2.05, 4.69) is 255 Å². The van der Waals surface area contributed by atoms with Crippen LogP contribution in [0.1, 0.15) is 68.7 Å². The van der Waals surface area contributed by atoms with Crippen molar-refractivity contribution in [3.05, 3.63) is 313 Å². The summed E-state index contributed by atoms with van der Waals surface area (Å²) < 4.78 is 0. The molecule has 12 rings (SSSR count). The Morgan fingerprint density at radius 1 is 0.269 bits per heavy atom. The van der Waals surface area contributed by atoms with Crippen LogP contribution in [0.3, 0.4) is 0 Å². The Morgan fingerprint density at radius 3 is 0.808 bits per heavy atom. The number of anilines is 4. The zero-order valence-corrected chi connectivity index (χ0v) is 47.0. The van der Waals surface area contributed by atoms with E-state index in [0.717, 1.165) is 33.6 Å². The number of para-hydroxylation sites is 6. The summed E-state index contributed by atoms with van der Waals surface area (Å²) in [6.07, 6.45) is 0. The summed E-state index contributed by atoms with van der Waals surface area (Å²) in [6.45, 7) is 13.3. The minimum atomic E-state index is 0. The quantitative estimate of drug-likeness (QED) is 0.105.